The third-order valence-corrected chi connectivity index (χ3v) is 3.72. The van der Waals surface area contributed by atoms with Crippen molar-refractivity contribution in [3.8, 4) is 5.75 Å². The van der Waals surface area contributed by atoms with Crippen molar-refractivity contribution in [3.63, 3.8) is 0 Å². The van der Waals surface area contributed by atoms with E-state index in [9.17, 15) is 0 Å². The molecule has 0 aliphatic heterocycles. The molecular weight excluding hydrogens is 328 g/mol. The summed E-state index contributed by atoms with van der Waals surface area (Å²) in [6.07, 6.45) is 0.991. The van der Waals surface area contributed by atoms with Crippen LogP contribution in [0.3, 0.4) is 0 Å². The van der Waals surface area contributed by atoms with Crippen molar-refractivity contribution in [1.29, 1.82) is 0 Å². The van der Waals surface area contributed by atoms with Crippen molar-refractivity contribution in [3.05, 3.63) is 64.1 Å². The molecule has 0 saturated heterocycles. The molecule has 112 valence electrons. The van der Waals surface area contributed by atoms with Gasteiger partial charge in [-0.1, -0.05) is 40.2 Å². The highest BCUT2D eigenvalue weighted by Gasteiger charge is 2.12. The highest BCUT2D eigenvalue weighted by Crippen LogP contribution is 2.23. The maximum absolute atomic E-state index is 5.74. The van der Waals surface area contributed by atoms with E-state index in [4.69, 9.17) is 10.6 Å². The van der Waals surface area contributed by atoms with Crippen LogP contribution in [-0.2, 0) is 6.42 Å². The second-order valence-electron chi connectivity index (χ2n) is 5.29. The van der Waals surface area contributed by atoms with E-state index in [0.717, 1.165) is 22.2 Å². The molecule has 2 aromatic carbocycles. The molecule has 0 aliphatic carbocycles. The van der Waals surface area contributed by atoms with E-state index in [-0.39, 0.29) is 12.1 Å². The maximum atomic E-state index is 5.74. The first-order valence-electron chi connectivity index (χ1n) is 7.05. The number of hydrogen-bond acceptors (Lipinski definition) is 3. The predicted octanol–water partition coefficient (Wildman–Crippen LogP) is 3.98. The fourth-order valence-electron chi connectivity index (χ4n) is 2.21. The molecule has 2 rings (SSSR count). The van der Waals surface area contributed by atoms with Crippen LogP contribution in [0.5, 0.6) is 5.75 Å². The maximum Gasteiger partial charge on any atom is 0.120 e. The van der Waals surface area contributed by atoms with E-state index in [1.54, 1.807) is 0 Å². The Bertz CT molecular complexity index is 569. The zero-order valence-corrected chi connectivity index (χ0v) is 13.9. The van der Waals surface area contributed by atoms with Gasteiger partial charge in [0.1, 0.15) is 5.75 Å². The monoisotopic (exact) mass is 348 g/mol. The summed E-state index contributed by atoms with van der Waals surface area (Å²) in [6.45, 7) is 4.04. The highest BCUT2D eigenvalue weighted by atomic mass is 79.9. The Labute approximate surface area is 134 Å². The molecule has 3 nitrogen and oxygen atoms in total. The van der Waals surface area contributed by atoms with Crippen LogP contribution in [0.1, 0.15) is 31.0 Å². The van der Waals surface area contributed by atoms with Crippen molar-refractivity contribution in [2.45, 2.75) is 32.4 Å². The van der Waals surface area contributed by atoms with Gasteiger partial charge in [0.25, 0.3) is 0 Å². The third-order valence-electron chi connectivity index (χ3n) is 3.19. The molecule has 2 aromatic rings. The minimum Gasteiger partial charge on any atom is -0.491 e. The minimum absolute atomic E-state index is 0.0573. The quantitative estimate of drug-likeness (QED) is 0.613. The van der Waals surface area contributed by atoms with Crippen LogP contribution in [0.25, 0.3) is 0 Å². The second kappa shape index (κ2) is 7.59. The summed E-state index contributed by atoms with van der Waals surface area (Å²) in [5, 5.41) is 0. The van der Waals surface area contributed by atoms with Gasteiger partial charge in [0, 0.05) is 4.47 Å². The van der Waals surface area contributed by atoms with Crippen molar-refractivity contribution in [2.24, 2.45) is 5.84 Å². The van der Waals surface area contributed by atoms with E-state index in [1.807, 2.05) is 44.2 Å². The lowest BCUT2D eigenvalue weighted by molar-refractivity contribution is 0.242. The van der Waals surface area contributed by atoms with Gasteiger partial charge in [0.2, 0.25) is 0 Å². The number of hydrogen-bond donors (Lipinski definition) is 2. The summed E-state index contributed by atoms with van der Waals surface area (Å²) < 4.78 is 6.82. The highest BCUT2D eigenvalue weighted by molar-refractivity contribution is 9.10. The Balaban J connectivity index is 2.15. The number of halogens is 1. The predicted molar refractivity (Wildman–Crippen MR) is 90.1 cm³/mol. The number of nitrogens with one attached hydrogen (secondary N) is 1. The lowest BCUT2D eigenvalue weighted by atomic mass is 9.99. The summed E-state index contributed by atoms with van der Waals surface area (Å²) in [5.41, 5.74) is 5.25. The SMILES string of the molecule is CC(C)Oc1cccc(C(Cc2ccc(Br)cc2)NN)c1. The number of nitrogens with two attached hydrogens (primary N) is 1. The van der Waals surface area contributed by atoms with Gasteiger partial charge in [-0.3, -0.25) is 11.3 Å². The topological polar surface area (TPSA) is 47.3 Å². The van der Waals surface area contributed by atoms with Gasteiger partial charge in [0.05, 0.1) is 12.1 Å². The molecule has 0 aromatic heterocycles. The molecule has 0 amide bonds. The van der Waals surface area contributed by atoms with Crippen LogP contribution in [0.15, 0.2) is 53.0 Å². The molecule has 0 saturated carbocycles. The van der Waals surface area contributed by atoms with E-state index in [2.05, 4.69) is 39.6 Å². The van der Waals surface area contributed by atoms with Crippen LogP contribution >= 0.6 is 15.9 Å². The average molecular weight is 349 g/mol. The number of rotatable bonds is 6. The molecule has 0 spiro atoms. The van der Waals surface area contributed by atoms with Gasteiger partial charge in [-0.05, 0) is 55.7 Å². The standard InChI is InChI=1S/C17H21BrN2O/c1-12(2)21-16-5-3-4-14(11-16)17(20-19)10-13-6-8-15(18)9-7-13/h3-9,11-12,17,20H,10,19H2,1-2H3. The van der Waals surface area contributed by atoms with Crippen LogP contribution in [-0.4, -0.2) is 6.10 Å². The Morgan fingerprint density at radius 3 is 2.48 bits per heavy atom. The molecule has 4 heteroatoms. The molecule has 0 fully saturated rings. The van der Waals surface area contributed by atoms with E-state index in [0.29, 0.717) is 0 Å². The second-order valence-corrected chi connectivity index (χ2v) is 6.20. The smallest absolute Gasteiger partial charge is 0.120 e. The summed E-state index contributed by atoms with van der Waals surface area (Å²) in [7, 11) is 0. The molecule has 1 unspecified atom stereocenters. The first-order valence-corrected chi connectivity index (χ1v) is 7.85. The van der Waals surface area contributed by atoms with Crippen LogP contribution < -0.4 is 16.0 Å². The summed E-state index contributed by atoms with van der Waals surface area (Å²) in [5.74, 6) is 6.61. The summed E-state index contributed by atoms with van der Waals surface area (Å²) in [4.78, 5) is 0. The molecule has 21 heavy (non-hydrogen) atoms. The zero-order chi connectivity index (χ0) is 15.2. The Morgan fingerprint density at radius 1 is 1.14 bits per heavy atom. The fraction of sp³-hybridized carbons (Fsp3) is 0.294. The Morgan fingerprint density at radius 2 is 1.86 bits per heavy atom. The molecule has 0 bridgehead atoms. The molecule has 0 aliphatic rings. The normalized spacial score (nSPS) is 12.4. The number of benzene rings is 2. The van der Waals surface area contributed by atoms with Crippen LogP contribution in [0.4, 0.5) is 0 Å². The van der Waals surface area contributed by atoms with Gasteiger partial charge in [-0.2, -0.15) is 0 Å². The van der Waals surface area contributed by atoms with Gasteiger partial charge >= 0.3 is 0 Å². The van der Waals surface area contributed by atoms with Crippen LogP contribution in [0, 0.1) is 0 Å². The van der Waals surface area contributed by atoms with Gasteiger partial charge in [-0.25, -0.2) is 0 Å². The van der Waals surface area contributed by atoms with E-state index >= 15 is 0 Å². The Kier molecular flexibility index (Phi) is 5.79. The third kappa shape index (κ3) is 4.84. The fourth-order valence-corrected chi connectivity index (χ4v) is 2.47. The summed E-state index contributed by atoms with van der Waals surface area (Å²) in [6, 6.07) is 16.4. The molecular formula is C17H21BrN2O. The molecule has 1 atom stereocenters. The molecule has 3 N–H and O–H groups in total. The first-order chi connectivity index (χ1) is 10.1. The van der Waals surface area contributed by atoms with Crippen LogP contribution in [0.2, 0.25) is 0 Å². The largest absolute Gasteiger partial charge is 0.491 e. The number of hydrazine groups is 1. The zero-order valence-electron chi connectivity index (χ0n) is 12.3. The lowest BCUT2D eigenvalue weighted by Crippen LogP contribution is -2.29. The van der Waals surface area contributed by atoms with Crippen molar-refractivity contribution in [1.82, 2.24) is 5.43 Å². The van der Waals surface area contributed by atoms with Gasteiger partial charge < -0.3 is 4.74 Å². The summed E-state index contributed by atoms with van der Waals surface area (Å²) >= 11 is 3.45. The minimum atomic E-state index is 0.0573. The van der Waals surface area contributed by atoms with E-state index < -0.39 is 0 Å². The first kappa shape index (κ1) is 16.0. The molecule has 0 radical (unpaired) electrons. The number of ether oxygens (including phenoxy) is 1. The molecule has 0 heterocycles. The van der Waals surface area contributed by atoms with Crippen molar-refractivity contribution in [2.75, 3.05) is 0 Å². The Hall–Kier alpha value is -1.36. The van der Waals surface area contributed by atoms with E-state index in [1.165, 1.54) is 5.56 Å². The van der Waals surface area contributed by atoms with Gasteiger partial charge in [-0.15, -0.1) is 0 Å². The van der Waals surface area contributed by atoms with Crippen molar-refractivity contribution < 1.29 is 4.74 Å². The van der Waals surface area contributed by atoms with Gasteiger partial charge in [0.15, 0.2) is 0 Å². The lowest BCUT2D eigenvalue weighted by Gasteiger charge is -2.18. The van der Waals surface area contributed by atoms with Crippen molar-refractivity contribution >= 4 is 15.9 Å². The average Bonchev–Trinajstić information content (AvgIpc) is 2.46.